The Hall–Kier alpha value is -0.630. The summed E-state index contributed by atoms with van der Waals surface area (Å²) in [4.78, 5) is 12.5. The van der Waals surface area contributed by atoms with Gasteiger partial charge in [0.05, 0.1) is 5.54 Å². The second-order valence-electron chi connectivity index (χ2n) is 7.38. The first-order valence-corrected chi connectivity index (χ1v) is 8.64. The largest absolute Gasteiger partial charge is 0.303 e. The predicted molar refractivity (Wildman–Crippen MR) is 93.7 cm³/mol. The lowest BCUT2D eigenvalue weighted by Gasteiger charge is -2.33. The Morgan fingerprint density at radius 1 is 1.05 bits per heavy atom. The topological polar surface area (TPSA) is 29.1 Å². The van der Waals surface area contributed by atoms with Gasteiger partial charge in [-0.2, -0.15) is 0 Å². The van der Waals surface area contributed by atoms with Gasteiger partial charge in [0, 0.05) is 12.0 Å². The number of carbonyl (C=O) groups is 1. The standard InChI is InChI=1S/C19H37NO/c1-15(2)13-11-9-8-10-12-14-19(7,20-17(5)6)18(21)16(3)4/h13,16-17,20H,8-12,14H2,1-7H3/t19-/m1/s1. The van der Waals surface area contributed by atoms with Crippen LogP contribution in [-0.2, 0) is 4.79 Å². The monoisotopic (exact) mass is 295 g/mol. The molecular formula is C19H37NO. The van der Waals surface area contributed by atoms with Gasteiger partial charge in [-0.05, 0) is 53.9 Å². The fourth-order valence-electron chi connectivity index (χ4n) is 2.91. The van der Waals surface area contributed by atoms with Gasteiger partial charge in [0.2, 0.25) is 0 Å². The number of Topliss-reactive ketones (excluding diaryl/α,β-unsaturated/α-hetero) is 1. The summed E-state index contributed by atoms with van der Waals surface area (Å²) in [6.45, 7) is 14.6. The summed E-state index contributed by atoms with van der Waals surface area (Å²) in [5.41, 5.74) is 1.05. The zero-order valence-electron chi connectivity index (χ0n) is 15.4. The van der Waals surface area contributed by atoms with Crippen LogP contribution in [0.5, 0.6) is 0 Å². The second-order valence-corrected chi connectivity index (χ2v) is 7.38. The van der Waals surface area contributed by atoms with Crippen LogP contribution in [0, 0.1) is 5.92 Å². The van der Waals surface area contributed by atoms with Crippen molar-refractivity contribution in [3.05, 3.63) is 11.6 Å². The lowest BCUT2D eigenvalue weighted by atomic mass is 9.83. The Balaban J connectivity index is 4.20. The predicted octanol–water partition coefficient (Wildman–Crippen LogP) is 5.28. The number of hydrogen-bond donors (Lipinski definition) is 1. The molecule has 0 saturated carbocycles. The van der Waals surface area contributed by atoms with Crippen molar-refractivity contribution in [3.8, 4) is 0 Å². The van der Waals surface area contributed by atoms with E-state index in [9.17, 15) is 4.79 Å². The molecule has 0 amide bonds. The number of unbranched alkanes of at least 4 members (excludes halogenated alkanes) is 4. The molecule has 0 aliphatic carbocycles. The third-order valence-electron chi connectivity index (χ3n) is 3.86. The van der Waals surface area contributed by atoms with Gasteiger partial charge in [-0.15, -0.1) is 0 Å². The molecule has 21 heavy (non-hydrogen) atoms. The molecule has 0 aromatic rings. The maximum absolute atomic E-state index is 12.5. The average Bonchev–Trinajstić information content (AvgIpc) is 2.35. The van der Waals surface area contributed by atoms with Crippen LogP contribution in [0.25, 0.3) is 0 Å². The Labute approximate surface area is 132 Å². The summed E-state index contributed by atoms with van der Waals surface area (Å²) in [6, 6.07) is 0.343. The van der Waals surface area contributed by atoms with E-state index in [0.717, 1.165) is 12.8 Å². The molecule has 2 nitrogen and oxygen atoms in total. The van der Waals surface area contributed by atoms with Crippen LogP contribution in [0.3, 0.4) is 0 Å². The highest BCUT2D eigenvalue weighted by molar-refractivity contribution is 5.89. The van der Waals surface area contributed by atoms with E-state index in [-0.39, 0.29) is 11.5 Å². The van der Waals surface area contributed by atoms with Gasteiger partial charge >= 0.3 is 0 Å². The summed E-state index contributed by atoms with van der Waals surface area (Å²) >= 11 is 0. The smallest absolute Gasteiger partial charge is 0.155 e. The molecule has 0 radical (unpaired) electrons. The molecule has 1 N–H and O–H groups in total. The van der Waals surface area contributed by atoms with Crippen molar-refractivity contribution in [1.82, 2.24) is 5.32 Å². The first-order valence-electron chi connectivity index (χ1n) is 8.64. The minimum absolute atomic E-state index is 0.0962. The van der Waals surface area contributed by atoms with Gasteiger partial charge in [0.25, 0.3) is 0 Å². The molecule has 0 aliphatic heterocycles. The summed E-state index contributed by atoms with van der Waals surface area (Å²) in [7, 11) is 0. The Morgan fingerprint density at radius 3 is 2.10 bits per heavy atom. The van der Waals surface area contributed by atoms with Crippen molar-refractivity contribution in [2.45, 2.75) is 98.6 Å². The highest BCUT2D eigenvalue weighted by atomic mass is 16.1. The van der Waals surface area contributed by atoms with Gasteiger partial charge < -0.3 is 5.32 Å². The van der Waals surface area contributed by atoms with Gasteiger partial charge in [-0.3, -0.25) is 4.79 Å². The molecule has 0 unspecified atom stereocenters. The molecule has 0 aromatic carbocycles. The number of nitrogens with one attached hydrogen (secondary N) is 1. The van der Waals surface area contributed by atoms with Crippen LogP contribution in [-0.4, -0.2) is 17.4 Å². The molecule has 0 aromatic heterocycles. The van der Waals surface area contributed by atoms with Crippen molar-refractivity contribution in [2.24, 2.45) is 5.92 Å². The molecule has 0 heterocycles. The maximum atomic E-state index is 12.5. The number of carbonyl (C=O) groups excluding carboxylic acids is 1. The Bertz CT molecular complexity index is 326. The zero-order valence-corrected chi connectivity index (χ0v) is 15.4. The Kier molecular flexibility index (Phi) is 9.85. The number of ketones is 1. The van der Waals surface area contributed by atoms with E-state index in [2.05, 4.69) is 46.0 Å². The van der Waals surface area contributed by atoms with E-state index in [1.54, 1.807) is 0 Å². The minimum Gasteiger partial charge on any atom is -0.303 e. The van der Waals surface area contributed by atoms with Crippen LogP contribution in [0.2, 0.25) is 0 Å². The average molecular weight is 296 g/mol. The molecule has 0 rings (SSSR count). The van der Waals surface area contributed by atoms with E-state index in [0.29, 0.717) is 11.8 Å². The van der Waals surface area contributed by atoms with E-state index in [1.807, 2.05) is 13.8 Å². The lowest BCUT2D eigenvalue weighted by Crippen LogP contribution is -2.53. The Morgan fingerprint density at radius 2 is 1.62 bits per heavy atom. The van der Waals surface area contributed by atoms with Gasteiger partial charge in [-0.25, -0.2) is 0 Å². The van der Waals surface area contributed by atoms with Crippen molar-refractivity contribution in [2.75, 3.05) is 0 Å². The third-order valence-corrected chi connectivity index (χ3v) is 3.86. The SMILES string of the molecule is CC(C)=CCCCCCC[C@@](C)(NC(C)C)C(=O)C(C)C. The number of allylic oxidation sites excluding steroid dienone is 2. The number of rotatable bonds is 11. The molecule has 0 saturated heterocycles. The molecule has 0 aliphatic rings. The van der Waals surface area contributed by atoms with E-state index in [1.165, 1.54) is 31.3 Å². The zero-order chi connectivity index (χ0) is 16.5. The van der Waals surface area contributed by atoms with Crippen LogP contribution < -0.4 is 5.32 Å². The van der Waals surface area contributed by atoms with E-state index in [4.69, 9.17) is 0 Å². The fourth-order valence-corrected chi connectivity index (χ4v) is 2.91. The molecule has 124 valence electrons. The lowest BCUT2D eigenvalue weighted by molar-refractivity contribution is -0.128. The van der Waals surface area contributed by atoms with Crippen molar-refractivity contribution < 1.29 is 4.79 Å². The summed E-state index contributed by atoms with van der Waals surface area (Å²) in [5.74, 6) is 0.444. The van der Waals surface area contributed by atoms with E-state index >= 15 is 0 Å². The number of hydrogen-bond acceptors (Lipinski definition) is 2. The fraction of sp³-hybridized carbons (Fsp3) is 0.842. The van der Waals surface area contributed by atoms with Crippen molar-refractivity contribution in [1.29, 1.82) is 0 Å². The molecule has 0 spiro atoms. The summed E-state index contributed by atoms with van der Waals surface area (Å²) in [5, 5.41) is 3.50. The van der Waals surface area contributed by atoms with Crippen LogP contribution >= 0.6 is 0 Å². The second kappa shape index (κ2) is 10.2. The van der Waals surface area contributed by atoms with Gasteiger partial charge in [0.1, 0.15) is 0 Å². The van der Waals surface area contributed by atoms with Gasteiger partial charge in [-0.1, -0.05) is 44.8 Å². The highest BCUT2D eigenvalue weighted by Crippen LogP contribution is 2.21. The third kappa shape index (κ3) is 9.08. The molecule has 2 heteroatoms. The molecular weight excluding hydrogens is 258 g/mol. The van der Waals surface area contributed by atoms with Crippen molar-refractivity contribution in [3.63, 3.8) is 0 Å². The quantitative estimate of drug-likeness (QED) is 0.415. The summed E-state index contributed by atoms with van der Waals surface area (Å²) < 4.78 is 0. The first kappa shape index (κ1) is 20.4. The normalized spacial score (nSPS) is 14.3. The molecule has 0 fully saturated rings. The molecule has 0 bridgehead atoms. The summed E-state index contributed by atoms with van der Waals surface area (Å²) in [6.07, 6.45) is 9.32. The molecule has 1 atom stereocenters. The maximum Gasteiger partial charge on any atom is 0.155 e. The minimum atomic E-state index is -0.359. The highest BCUT2D eigenvalue weighted by Gasteiger charge is 2.34. The first-order chi connectivity index (χ1) is 9.69. The van der Waals surface area contributed by atoms with E-state index < -0.39 is 0 Å². The van der Waals surface area contributed by atoms with Crippen LogP contribution in [0.4, 0.5) is 0 Å². The van der Waals surface area contributed by atoms with Crippen LogP contribution in [0.15, 0.2) is 11.6 Å². The van der Waals surface area contributed by atoms with Crippen molar-refractivity contribution >= 4 is 5.78 Å². The van der Waals surface area contributed by atoms with Crippen LogP contribution in [0.1, 0.15) is 87.0 Å². The van der Waals surface area contributed by atoms with Gasteiger partial charge in [0.15, 0.2) is 5.78 Å².